The number of carbonyl (C=O) groups is 2. The fraction of sp³-hybridized carbons (Fsp3) is 0.200. The number of Topliss-reactive ketones (excluding diaryl/α,β-unsaturated/α-hetero) is 1. The van der Waals surface area contributed by atoms with Crippen LogP contribution in [0.5, 0.6) is 5.75 Å². The summed E-state index contributed by atoms with van der Waals surface area (Å²) in [5.41, 5.74) is 0.187. The van der Waals surface area contributed by atoms with Gasteiger partial charge in [0.15, 0.2) is 5.78 Å². The Morgan fingerprint density at radius 3 is 2.67 bits per heavy atom. The number of carboxylic acids is 1. The molecular formula is C10H9ClO4. The zero-order valence-electron chi connectivity index (χ0n) is 7.99. The Hall–Kier alpha value is -1.55. The molecule has 0 heterocycles. The molecule has 0 unspecified atom stereocenters. The molecule has 0 fully saturated rings. The van der Waals surface area contributed by atoms with E-state index in [-0.39, 0.29) is 16.3 Å². The summed E-state index contributed by atoms with van der Waals surface area (Å²) in [5.74, 6) is -1.49. The molecule has 15 heavy (non-hydrogen) atoms. The Bertz CT molecular complexity index is 400. The van der Waals surface area contributed by atoms with Crippen molar-refractivity contribution in [2.24, 2.45) is 0 Å². The number of para-hydroxylation sites is 1. The van der Waals surface area contributed by atoms with E-state index in [2.05, 4.69) is 0 Å². The van der Waals surface area contributed by atoms with Gasteiger partial charge in [0.25, 0.3) is 0 Å². The largest absolute Gasteiger partial charge is 0.494 e. The highest BCUT2D eigenvalue weighted by molar-refractivity contribution is 6.32. The molecule has 1 aromatic carbocycles. The van der Waals surface area contributed by atoms with Crippen LogP contribution in [0.3, 0.4) is 0 Å². The van der Waals surface area contributed by atoms with Crippen LogP contribution in [0, 0.1) is 0 Å². The minimum atomic E-state index is -1.18. The third kappa shape index (κ3) is 2.70. The second-order valence-electron chi connectivity index (χ2n) is 2.81. The number of hydrogen-bond acceptors (Lipinski definition) is 3. The first-order chi connectivity index (χ1) is 7.06. The second-order valence-corrected chi connectivity index (χ2v) is 3.22. The first-order valence-electron chi connectivity index (χ1n) is 4.13. The van der Waals surface area contributed by atoms with Crippen molar-refractivity contribution in [3.63, 3.8) is 0 Å². The first-order valence-corrected chi connectivity index (χ1v) is 4.51. The van der Waals surface area contributed by atoms with Gasteiger partial charge in [0.05, 0.1) is 17.7 Å². The number of benzene rings is 1. The molecule has 1 rings (SSSR count). The van der Waals surface area contributed by atoms with Crippen LogP contribution < -0.4 is 4.74 Å². The van der Waals surface area contributed by atoms with E-state index in [1.165, 1.54) is 13.2 Å². The lowest BCUT2D eigenvalue weighted by Gasteiger charge is -2.07. The lowest BCUT2D eigenvalue weighted by molar-refractivity contribution is -0.135. The van der Waals surface area contributed by atoms with E-state index in [1.54, 1.807) is 12.1 Å². The first kappa shape index (κ1) is 11.5. The van der Waals surface area contributed by atoms with Crippen molar-refractivity contribution in [2.45, 2.75) is 6.42 Å². The molecule has 0 atom stereocenters. The predicted octanol–water partition coefficient (Wildman–Crippen LogP) is 2.01. The molecule has 0 saturated carbocycles. The van der Waals surface area contributed by atoms with Gasteiger partial charge in [-0.2, -0.15) is 0 Å². The van der Waals surface area contributed by atoms with Gasteiger partial charge in [0.2, 0.25) is 0 Å². The molecule has 1 N–H and O–H groups in total. The van der Waals surface area contributed by atoms with E-state index < -0.39 is 18.2 Å². The van der Waals surface area contributed by atoms with E-state index in [1.807, 2.05) is 0 Å². The number of halogens is 1. The zero-order valence-corrected chi connectivity index (χ0v) is 8.75. The van der Waals surface area contributed by atoms with Crippen molar-refractivity contribution in [3.8, 4) is 5.75 Å². The molecule has 0 aliphatic carbocycles. The number of ether oxygens (including phenoxy) is 1. The maximum atomic E-state index is 11.5. The van der Waals surface area contributed by atoms with Gasteiger partial charge in [-0.3, -0.25) is 9.59 Å². The van der Waals surface area contributed by atoms with Gasteiger partial charge in [-0.15, -0.1) is 0 Å². The average Bonchev–Trinajstić information content (AvgIpc) is 2.16. The Labute approximate surface area is 91.4 Å². The molecule has 0 bridgehead atoms. The molecule has 0 saturated heterocycles. The maximum absolute atomic E-state index is 11.5. The van der Waals surface area contributed by atoms with Gasteiger partial charge in [0.1, 0.15) is 12.2 Å². The van der Waals surface area contributed by atoms with Gasteiger partial charge < -0.3 is 9.84 Å². The summed E-state index contributed by atoms with van der Waals surface area (Å²) in [5, 5.41) is 8.77. The fourth-order valence-electron chi connectivity index (χ4n) is 1.17. The summed E-state index contributed by atoms with van der Waals surface area (Å²) in [6.07, 6.45) is -0.573. The van der Waals surface area contributed by atoms with Gasteiger partial charge in [0, 0.05) is 0 Å². The molecule has 0 amide bonds. The monoisotopic (exact) mass is 228 g/mol. The van der Waals surface area contributed by atoms with Gasteiger partial charge in [-0.25, -0.2) is 0 Å². The van der Waals surface area contributed by atoms with Crippen LogP contribution in [0.2, 0.25) is 5.02 Å². The van der Waals surface area contributed by atoms with Crippen LogP contribution in [0.25, 0.3) is 0 Å². The second kappa shape index (κ2) is 4.79. The third-order valence-corrected chi connectivity index (χ3v) is 2.08. The molecule has 0 spiro atoms. The van der Waals surface area contributed by atoms with E-state index >= 15 is 0 Å². The summed E-state index contributed by atoms with van der Waals surface area (Å²) in [7, 11) is 1.37. The number of carbonyl (C=O) groups excluding carboxylic acids is 1. The van der Waals surface area contributed by atoms with Crippen LogP contribution in [0.15, 0.2) is 18.2 Å². The van der Waals surface area contributed by atoms with Crippen molar-refractivity contribution in [1.82, 2.24) is 0 Å². The predicted molar refractivity (Wildman–Crippen MR) is 54.6 cm³/mol. The lowest BCUT2D eigenvalue weighted by atomic mass is 10.1. The van der Waals surface area contributed by atoms with E-state index in [0.29, 0.717) is 0 Å². The van der Waals surface area contributed by atoms with Crippen LogP contribution in [0.1, 0.15) is 16.8 Å². The smallest absolute Gasteiger partial charge is 0.311 e. The molecule has 0 aromatic heterocycles. The van der Waals surface area contributed by atoms with Crippen molar-refractivity contribution < 1.29 is 19.4 Å². The maximum Gasteiger partial charge on any atom is 0.311 e. The molecule has 4 nitrogen and oxygen atoms in total. The van der Waals surface area contributed by atoms with E-state index in [0.717, 1.165) is 0 Å². The molecule has 1 aromatic rings. The number of methoxy groups -OCH3 is 1. The highest BCUT2D eigenvalue weighted by atomic mass is 35.5. The van der Waals surface area contributed by atoms with Crippen LogP contribution in [-0.4, -0.2) is 24.0 Å². The number of hydrogen-bond donors (Lipinski definition) is 1. The molecule has 0 aliphatic rings. The quantitative estimate of drug-likeness (QED) is 0.633. The number of carboxylic acid groups (broad SMARTS) is 1. The van der Waals surface area contributed by atoms with Crippen LogP contribution in [0.4, 0.5) is 0 Å². The zero-order chi connectivity index (χ0) is 11.4. The minimum Gasteiger partial charge on any atom is -0.494 e. The number of ketones is 1. The lowest BCUT2D eigenvalue weighted by Crippen LogP contribution is -2.08. The average molecular weight is 229 g/mol. The van der Waals surface area contributed by atoms with Crippen molar-refractivity contribution in [2.75, 3.05) is 7.11 Å². The summed E-state index contributed by atoms with van der Waals surface area (Å²) < 4.78 is 4.93. The molecule has 80 valence electrons. The van der Waals surface area contributed by atoms with Crippen molar-refractivity contribution >= 4 is 23.4 Å². The Balaban J connectivity index is 3.08. The highest BCUT2D eigenvalue weighted by Gasteiger charge is 2.17. The fourth-order valence-corrected chi connectivity index (χ4v) is 1.42. The SMILES string of the molecule is COc1c(Cl)cccc1C(=O)CC(=O)O. The normalized spacial score (nSPS) is 9.73. The van der Waals surface area contributed by atoms with Gasteiger partial charge >= 0.3 is 5.97 Å². The molecule has 5 heteroatoms. The summed E-state index contributed by atoms with van der Waals surface area (Å²) in [4.78, 5) is 21.8. The standard InChI is InChI=1S/C10H9ClO4/c1-15-10-6(3-2-4-7(10)11)8(12)5-9(13)14/h2-4H,5H2,1H3,(H,13,14). The Morgan fingerprint density at radius 2 is 2.13 bits per heavy atom. The minimum absolute atomic E-state index is 0.187. The number of rotatable bonds is 4. The van der Waals surface area contributed by atoms with Gasteiger partial charge in [-0.05, 0) is 12.1 Å². The summed E-state index contributed by atoms with van der Waals surface area (Å²) >= 11 is 5.79. The van der Waals surface area contributed by atoms with Crippen LogP contribution >= 0.6 is 11.6 Å². The summed E-state index contributed by atoms with van der Waals surface area (Å²) in [6, 6.07) is 4.62. The Kier molecular flexibility index (Phi) is 3.68. The Morgan fingerprint density at radius 1 is 1.47 bits per heavy atom. The number of aliphatic carboxylic acids is 1. The summed E-state index contributed by atoms with van der Waals surface area (Å²) in [6.45, 7) is 0. The van der Waals surface area contributed by atoms with Crippen LogP contribution in [-0.2, 0) is 4.79 Å². The van der Waals surface area contributed by atoms with Gasteiger partial charge in [-0.1, -0.05) is 17.7 Å². The van der Waals surface area contributed by atoms with E-state index in [4.69, 9.17) is 21.4 Å². The highest BCUT2D eigenvalue weighted by Crippen LogP contribution is 2.28. The topological polar surface area (TPSA) is 63.6 Å². The van der Waals surface area contributed by atoms with E-state index in [9.17, 15) is 9.59 Å². The third-order valence-electron chi connectivity index (χ3n) is 1.78. The molecule has 0 radical (unpaired) electrons. The molecular weight excluding hydrogens is 220 g/mol. The van der Waals surface area contributed by atoms with Crippen molar-refractivity contribution in [3.05, 3.63) is 28.8 Å². The molecule has 0 aliphatic heterocycles. The van der Waals surface area contributed by atoms with Crippen molar-refractivity contribution in [1.29, 1.82) is 0 Å².